The van der Waals surface area contributed by atoms with E-state index in [1.54, 1.807) is 13.8 Å². The van der Waals surface area contributed by atoms with Gasteiger partial charge in [0.2, 0.25) is 0 Å². The fourth-order valence-corrected chi connectivity index (χ4v) is 12.4. The summed E-state index contributed by atoms with van der Waals surface area (Å²) in [7, 11) is -4.22. The zero-order valence-corrected chi connectivity index (χ0v) is 52.5. The third-order valence-electron chi connectivity index (χ3n) is 17.8. The van der Waals surface area contributed by atoms with Crippen LogP contribution < -0.4 is 4.74 Å². The fraction of sp³-hybridized carbons (Fsp3) is 0.642. The number of aryl methyl sites for hydroxylation is 2. The van der Waals surface area contributed by atoms with E-state index in [-0.39, 0.29) is 40.6 Å². The van der Waals surface area contributed by atoms with Crippen LogP contribution in [0.3, 0.4) is 0 Å². The summed E-state index contributed by atoms with van der Waals surface area (Å²) in [5.74, 6) is 2.21. The maximum absolute atomic E-state index is 12.6. The SMILES string of the molecule is C=C(C)C(=O)OCCCc1cc(-c2ccc(-c3ccc([C@H]4CC[C@H](CCCCC)CC4)cc3)cc2C2CC2)cc(CCCOC(=O)C(=C)C)c1OCCC(CCCC)(CO[Si](C)(C)C(C)(C)C)CO[Si](C)(C)C(C)(C)C. The first kappa shape index (κ1) is 63.1. The van der Waals surface area contributed by atoms with Crippen LogP contribution in [0.1, 0.15) is 206 Å². The summed E-state index contributed by atoms with van der Waals surface area (Å²) in [6, 6.07) is 21.3. The zero-order valence-electron chi connectivity index (χ0n) is 50.5. The van der Waals surface area contributed by atoms with Crippen LogP contribution in [0.25, 0.3) is 22.3 Å². The molecule has 0 atom stereocenters. The molecule has 0 unspecified atom stereocenters. The molecule has 2 fully saturated rings. The number of hydrogen-bond acceptors (Lipinski definition) is 7. The van der Waals surface area contributed by atoms with Gasteiger partial charge in [0.05, 0.1) is 19.8 Å². The molecule has 0 heterocycles. The highest BCUT2D eigenvalue weighted by atomic mass is 28.4. The van der Waals surface area contributed by atoms with Gasteiger partial charge in [0, 0.05) is 29.8 Å². The summed E-state index contributed by atoms with van der Waals surface area (Å²) < 4.78 is 32.9. The van der Waals surface area contributed by atoms with Crippen molar-refractivity contribution in [3.8, 4) is 28.0 Å². The van der Waals surface area contributed by atoms with E-state index >= 15 is 0 Å². The molecule has 0 aromatic heterocycles. The molecule has 0 N–H and O–H groups in total. The lowest BCUT2D eigenvalue weighted by Crippen LogP contribution is -2.48. The summed E-state index contributed by atoms with van der Waals surface area (Å²) in [5, 5.41) is 0.140. The van der Waals surface area contributed by atoms with Gasteiger partial charge in [-0.3, -0.25) is 0 Å². The normalized spacial score (nSPS) is 16.6. The van der Waals surface area contributed by atoms with E-state index in [1.165, 1.54) is 92.0 Å². The molecule has 0 saturated heterocycles. The molecular weight excluding hydrogens is 973 g/mol. The first-order valence-corrected chi connectivity index (χ1v) is 35.6. The molecular formula is C67H104O7Si2. The van der Waals surface area contributed by atoms with Crippen molar-refractivity contribution in [2.45, 2.75) is 233 Å². The number of unbranched alkanes of at least 4 members (excludes halogenated alkanes) is 3. The van der Waals surface area contributed by atoms with E-state index in [2.05, 4.69) is 149 Å². The molecule has 0 amide bonds. The number of rotatable bonds is 31. The minimum absolute atomic E-state index is 0.0701. The molecule has 76 heavy (non-hydrogen) atoms. The third-order valence-corrected chi connectivity index (χ3v) is 26.7. The van der Waals surface area contributed by atoms with Crippen LogP contribution in [0, 0.1) is 11.3 Å². The van der Waals surface area contributed by atoms with E-state index in [1.807, 2.05) is 0 Å². The smallest absolute Gasteiger partial charge is 0.333 e. The summed E-state index contributed by atoms with van der Waals surface area (Å²) in [4.78, 5) is 25.1. The molecule has 422 valence electrons. The Hall–Kier alpha value is -3.77. The topological polar surface area (TPSA) is 80.3 Å². The first-order valence-electron chi connectivity index (χ1n) is 29.8. The molecule has 9 heteroatoms. The van der Waals surface area contributed by atoms with Gasteiger partial charge in [0.15, 0.2) is 16.6 Å². The van der Waals surface area contributed by atoms with Gasteiger partial charge in [-0.2, -0.15) is 0 Å². The van der Waals surface area contributed by atoms with Crippen LogP contribution in [0.4, 0.5) is 0 Å². The molecule has 2 saturated carbocycles. The highest BCUT2D eigenvalue weighted by molar-refractivity contribution is 6.74. The monoisotopic (exact) mass is 1080 g/mol. The highest BCUT2D eigenvalue weighted by Gasteiger charge is 2.44. The first-order chi connectivity index (χ1) is 35.8. The Balaban J connectivity index is 1.53. The fourth-order valence-electron chi connectivity index (χ4n) is 10.2. The van der Waals surface area contributed by atoms with Crippen molar-refractivity contribution in [2.75, 3.05) is 33.0 Å². The minimum atomic E-state index is -2.11. The Morgan fingerprint density at radius 1 is 0.579 bits per heavy atom. The van der Waals surface area contributed by atoms with E-state index in [0.717, 1.165) is 54.0 Å². The maximum atomic E-state index is 12.6. The van der Waals surface area contributed by atoms with Gasteiger partial charge in [-0.1, -0.05) is 150 Å². The average Bonchev–Trinajstić information content (AvgIpc) is 4.23. The Bertz CT molecular complexity index is 2270. The predicted molar refractivity (Wildman–Crippen MR) is 325 cm³/mol. The van der Waals surface area contributed by atoms with Crippen molar-refractivity contribution in [3.05, 3.63) is 101 Å². The van der Waals surface area contributed by atoms with Gasteiger partial charge in [0.25, 0.3) is 0 Å². The number of benzene rings is 3. The van der Waals surface area contributed by atoms with Gasteiger partial charge in [-0.15, -0.1) is 0 Å². The second kappa shape index (κ2) is 28.4. The van der Waals surface area contributed by atoms with E-state index in [9.17, 15) is 9.59 Å². The summed E-state index contributed by atoms with van der Waals surface area (Å²) in [6.45, 7) is 41.2. The van der Waals surface area contributed by atoms with Crippen LogP contribution in [0.2, 0.25) is 36.3 Å². The van der Waals surface area contributed by atoms with Crippen molar-refractivity contribution < 1.29 is 32.7 Å². The summed E-state index contributed by atoms with van der Waals surface area (Å²) in [5.41, 5.74) is 10.5. The quantitative estimate of drug-likeness (QED) is 0.0275. The highest BCUT2D eigenvalue weighted by Crippen LogP contribution is 2.48. The van der Waals surface area contributed by atoms with Crippen LogP contribution in [-0.4, -0.2) is 61.6 Å². The number of carbonyl (C=O) groups excluding carboxylic acids is 2. The van der Waals surface area contributed by atoms with E-state index in [0.29, 0.717) is 68.5 Å². The van der Waals surface area contributed by atoms with Crippen LogP contribution >= 0.6 is 0 Å². The van der Waals surface area contributed by atoms with Crippen molar-refractivity contribution >= 4 is 28.6 Å². The number of hydrogen-bond donors (Lipinski definition) is 0. The Morgan fingerprint density at radius 3 is 1.55 bits per heavy atom. The van der Waals surface area contributed by atoms with Crippen LogP contribution in [0.5, 0.6) is 5.75 Å². The predicted octanol–water partition coefficient (Wildman–Crippen LogP) is 18.8. The molecule has 0 radical (unpaired) electrons. The lowest BCUT2D eigenvalue weighted by atomic mass is 9.77. The van der Waals surface area contributed by atoms with Gasteiger partial charge in [0.1, 0.15) is 5.75 Å². The molecule has 0 bridgehead atoms. The van der Waals surface area contributed by atoms with Crippen LogP contribution in [-0.2, 0) is 40.8 Å². The van der Waals surface area contributed by atoms with E-state index in [4.69, 9.17) is 23.1 Å². The second-order valence-electron chi connectivity index (χ2n) is 26.4. The lowest BCUT2D eigenvalue weighted by Gasteiger charge is -2.44. The molecule has 3 aromatic carbocycles. The minimum Gasteiger partial charge on any atom is -0.493 e. The standard InChI is InChI=1S/C67H104O7Si2/c1-17-19-21-24-51-27-29-52(30-28-51)53-31-33-54(34-32-53)56-37-38-60(61(46-56)55-35-36-55)59-44-57(25-22-41-71-63(68)49(3)4)62(58(45-59)26-23-42-72-64(69)50(5)6)70-43-40-67(39-20-18-2,47-73-75(13,14)65(7,8)9)48-74-76(15,16)66(10,11)12/h31-34,37-38,44-46,51-52,55H,3,5,17-30,35-36,39-43,47-48H2,1-2,4,6-16H3/t51-,52-. The molecule has 7 nitrogen and oxygen atoms in total. The van der Waals surface area contributed by atoms with Crippen molar-refractivity contribution in [1.82, 2.24) is 0 Å². The molecule has 5 rings (SSSR count). The van der Waals surface area contributed by atoms with Crippen molar-refractivity contribution in [2.24, 2.45) is 11.3 Å². The zero-order chi connectivity index (χ0) is 55.9. The molecule has 3 aromatic rings. The Labute approximate surface area is 465 Å². The van der Waals surface area contributed by atoms with Gasteiger partial charge in [-0.05, 0) is 202 Å². The molecule has 2 aliphatic rings. The van der Waals surface area contributed by atoms with Gasteiger partial charge >= 0.3 is 11.9 Å². The second-order valence-corrected chi connectivity index (χ2v) is 36.0. The van der Waals surface area contributed by atoms with Crippen molar-refractivity contribution in [1.29, 1.82) is 0 Å². The van der Waals surface area contributed by atoms with Crippen LogP contribution in [0.15, 0.2) is 78.9 Å². The maximum Gasteiger partial charge on any atom is 0.333 e. The number of carbonyl (C=O) groups is 2. The van der Waals surface area contributed by atoms with Gasteiger partial charge < -0.3 is 23.1 Å². The lowest BCUT2D eigenvalue weighted by molar-refractivity contribution is -0.139. The molecule has 0 aliphatic heterocycles. The molecule has 2 aliphatic carbocycles. The van der Waals surface area contributed by atoms with E-state index < -0.39 is 16.6 Å². The number of esters is 2. The molecule has 0 spiro atoms. The van der Waals surface area contributed by atoms with Gasteiger partial charge in [-0.25, -0.2) is 9.59 Å². The summed E-state index contributed by atoms with van der Waals surface area (Å²) in [6.07, 6.45) is 19.6. The largest absolute Gasteiger partial charge is 0.493 e. The van der Waals surface area contributed by atoms with Crippen molar-refractivity contribution in [3.63, 3.8) is 0 Å². The Morgan fingerprint density at radius 2 is 1.08 bits per heavy atom. The Kier molecular flexibility index (Phi) is 23.6. The summed E-state index contributed by atoms with van der Waals surface area (Å²) >= 11 is 0. The third kappa shape index (κ3) is 18.4. The number of ether oxygens (including phenoxy) is 3. The average molecular weight is 1080 g/mol.